The molecule has 6 N–H and O–H groups in total. The van der Waals surface area contributed by atoms with E-state index >= 15 is 0 Å². The molecule has 2 aromatic rings. The minimum Gasteiger partial charge on any atom is -0.481 e. The lowest BCUT2D eigenvalue weighted by Gasteiger charge is -2.31. The molecule has 1 unspecified atom stereocenters. The van der Waals surface area contributed by atoms with Gasteiger partial charge in [-0.2, -0.15) is 0 Å². The molecule has 0 aliphatic carbocycles. The van der Waals surface area contributed by atoms with Gasteiger partial charge in [-0.1, -0.05) is 80.9 Å². The monoisotopic (exact) mass is 743 g/mol. The van der Waals surface area contributed by atoms with Crippen molar-refractivity contribution >= 4 is 35.9 Å². The summed E-state index contributed by atoms with van der Waals surface area (Å²) in [6, 6.07) is 18.1. The standard InChI is InChI=1S/C32H45N3O5.C6H8O7/c1-6-23(2)28(30(37)39-22-25-16-11-8-12-17-25)34-29(36)27-18-13-19-35(27)21-26(20-24-14-9-7-10-15-24)33-31(38)40-32(3,4)5;7-3(8)1-6(13,5(11)12)2-4(9)10/h7-12,14-17,23,26-28H,6,13,18-22H2,1-5H3,(H,33,38)(H,34,36);13H,1-2H2,(H,7,8)(H,9,10)(H,11,12)/t23-,26?,27-,28-;/m0./s1. The second-order valence-electron chi connectivity index (χ2n) is 14.1. The first-order valence-electron chi connectivity index (χ1n) is 17.5. The molecule has 1 aliphatic heterocycles. The number of rotatable bonds is 17. The van der Waals surface area contributed by atoms with Crippen molar-refractivity contribution in [2.75, 3.05) is 13.1 Å². The quantitative estimate of drug-likeness (QED) is 0.127. The molecule has 0 spiro atoms. The van der Waals surface area contributed by atoms with E-state index in [1.54, 1.807) is 0 Å². The minimum absolute atomic E-state index is 0.0817. The van der Waals surface area contributed by atoms with Gasteiger partial charge in [0.25, 0.3) is 0 Å². The smallest absolute Gasteiger partial charge is 0.407 e. The zero-order valence-corrected chi connectivity index (χ0v) is 30.9. The highest BCUT2D eigenvalue weighted by Gasteiger charge is 2.41. The highest BCUT2D eigenvalue weighted by atomic mass is 16.6. The summed E-state index contributed by atoms with van der Waals surface area (Å²) in [5.41, 5.74) is -1.37. The van der Waals surface area contributed by atoms with Crippen molar-refractivity contribution in [1.29, 1.82) is 0 Å². The van der Waals surface area contributed by atoms with Crippen LogP contribution in [0.25, 0.3) is 0 Å². The fourth-order valence-electron chi connectivity index (χ4n) is 5.61. The van der Waals surface area contributed by atoms with E-state index in [0.29, 0.717) is 19.4 Å². The number of nitrogens with zero attached hydrogens (tertiary/aromatic N) is 1. The molecule has 53 heavy (non-hydrogen) atoms. The molecule has 0 radical (unpaired) electrons. The Kier molecular flexibility index (Phi) is 17.4. The summed E-state index contributed by atoms with van der Waals surface area (Å²) in [6.45, 7) is 10.8. The Bertz CT molecular complexity index is 1500. The van der Waals surface area contributed by atoms with Crippen molar-refractivity contribution in [3.8, 4) is 0 Å². The van der Waals surface area contributed by atoms with E-state index < -0.39 is 66.1 Å². The summed E-state index contributed by atoms with van der Waals surface area (Å²) in [5, 5.41) is 39.8. The Hall–Kier alpha value is -5.02. The van der Waals surface area contributed by atoms with E-state index in [1.807, 2.05) is 95.3 Å². The lowest BCUT2D eigenvalue weighted by atomic mass is 9.96. The van der Waals surface area contributed by atoms with Crippen molar-refractivity contribution in [1.82, 2.24) is 15.5 Å². The molecular weight excluding hydrogens is 690 g/mol. The molecule has 292 valence electrons. The summed E-state index contributed by atoms with van der Waals surface area (Å²) in [7, 11) is 0. The number of carboxylic acids is 3. The number of carboxylic acid groups (broad SMARTS) is 3. The number of carbonyl (C=O) groups excluding carboxylic acids is 3. The van der Waals surface area contributed by atoms with E-state index in [2.05, 4.69) is 15.5 Å². The predicted molar refractivity (Wildman–Crippen MR) is 193 cm³/mol. The lowest BCUT2D eigenvalue weighted by Crippen LogP contribution is -2.54. The van der Waals surface area contributed by atoms with Crippen LogP contribution in [0.5, 0.6) is 0 Å². The second kappa shape index (κ2) is 20.9. The van der Waals surface area contributed by atoms with E-state index in [4.69, 9.17) is 29.9 Å². The number of carbonyl (C=O) groups is 6. The number of hydrogen-bond donors (Lipinski definition) is 6. The summed E-state index contributed by atoms with van der Waals surface area (Å²) in [4.78, 5) is 71.8. The van der Waals surface area contributed by atoms with E-state index in [0.717, 1.165) is 30.5 Å². The zero-order valence-electron chi connectivity index (χ0n) is 30.9. The molecule has 4 atom stereocenters. The first-order valence-corrected chi connectivity index (χ1v) is 17.5. The number of benzene rings is 2. The molecule has 2 aromatic carbocycles. The molecule has 15 nitrogen and oxygen atoms in total. The number of aliphatic carboxylic acids is 3. The molecule has 1 aliphatic rings. The molecule has 0 bridgehead atoms. The van der Waals surface area contributed by atoms with Crippen LogP contribution < -0.4 is 10.6 Å². The Labute approximate surface area is 309 Å². The normalized spacial score (nSPS) is 16.2. The van der Waals surface area contributed by atoms with E-state index in [1.165, 1.54) is 0 Å². The topological polar surface area (TPSA) is 229 Å². The van der Waals surface area contributed by atoms with Gasteiger partial charge >= 0.3 is 30.0 Å². The Morgan fingerprint density at radius 3 is 1.91 bits per heavy atom. The number of ether oxygens (including phenoxy) is 2. The third kappa shape index (κ3) is 16.0. The van der Waals surface area contributed by atoms with E-state index in [9.17, 15) is 28.8 Å². The Morgan fingerprint density at radius 2 is 1.42 bits per heavy atom. The van der Waals surface area contributed by atoms with E-state index in [-0.39, 0.29) is 24.5 Å². The van der Waals surface area contributed by atoms with Crippen LogP contribution in [0.3, 0.4) is 0 Å². The van der Waals surface area contributed by atoms with Gasteiger partial charge in [0, 0.05) is 12.6 Å². The molecular formula is C38H53N3O12. The number of aliphatic hydroxyl groups is 1. The van der Waals surface area contributed by atoms with Crippen LogP contribution in [-0.2, 0) is 46.5 Å². The van der Waals surface area contributed by atoms with Crippen LogP contribution >= 0.6 is 0 Å². The maximum Gasteiger partial charge on any atom is 0.407 e. The number of esters is 1. The summed E-state index contributed by atoms with van der Waals surface area (Å²) >= 11 is 0. The fraction of sp³-hybridized carbons (Fsp3) is 0.526. The largest absolute Gasteiger partial charge is 0.481 e. The van der Waals surface area contributed by atoms with Crippen LogP contribution in [0.4, 0.5) is 4.79 Å². The third-order valence-corrected chi connectivity index (χ3v) is 8.44. The number of nitrogens with one attached hydrogen (secondary N) is 2. The Balaban J connectivity index is 0.000000636. The van der Waals surface area contributed by atoms with Gasteiger partial charge in [-0.15, -0.1) is 0 Å². The average Bonchev–Trinajstić information content (AvgIpc) is 3.53. The molecule has 3 rings (SSSR count). The highest BCUT2D eigenvalue weighted by molar-refractivity contribution is 5.88. The molecule has 0 saturated carbocycles. The lowest BCUT2D eigenvalue weighted by molar-refractivity contribution is -0.170. The van der Waals surface area contributed by atoms with Gasteiger partial charge in [-0.25, -0.2) is 14.4 Å². The zero-order chi connectivity index (χ0) is 39.8. The van der Waals surface area contributed by atoms with Gasteiger partial charge in [0.1, 0.15) is 18.2 Å². The van der Waals surface area contributed by atoms with Crippen LogP contribution in [-0.4, -0.2) is 104 Å². The van der Waals surface area contributed by atoms with Crippen molar-refractivity contribution in [2.45, 2.75) is 109 Å². The molecule has 1 fully saturated rings. The summed E-state index contributed by atoms with van der Waals surface area (Å²) in [6.07, 6.45) is 0.0953. The van der Waals surface area contributed by atoms with Gasteiger partial charge in [-0.3, -0.25) is 19.3 Å². The van der Waals surface area contributed by atoms with Gasteiger partial charge < -0.3 is 40.5 Å². The number of likely N-dealkylation sites (tertiary alicyclic amines) is 1. The Morgan fingerprint density at radius 1 is 0.868 bits per heavy atom. The first kappa shape index (κ1) is 44.1. The summed E-state index contributed by atoms with van der Waals surface area (Å²) < 4.78 is 11.1. The van der Waals surface area contributed by atoms with Gasteiger partial charge in [0.15, 0.2) is 5.60 Å². The van der Waals surface area contributed by atoms with Crippen LogP contribution in [0.15, 0.2) is 60.7 Å². The SMILES string of the molecule is CC[C@H](C)[C@H](NC(=O)[C@@H]1CCCN1CC(Cc1ccccc1)NC(=O)OC(C)(C)C)C(=O)OCc1ccccc1.O=C(O)CC(O)(CC(=O)O)C(=O)O. The second-order valence-corrected chi connectivity index (χ2v) is 14.1. The molecule has 2 amide bonds. The number of hydrogen-bond acceptors (Lipinski definition) is 10. The van der Waals surface area contributed by atoms with Crippen molar-refractivity contribution in [3.05, 3.63) is 71.8 Å². The molecule has 1 heterocycles. The van der Waals surface area contributed by atoms with Crippen molar-refractivity contribution in [3.63, 3.8) is 0 Å². The molecule has 15 heteroatoms. The highest BCUT2D eigenvalue weighted by Crippen LogP contribution is 2.21. The average molecular weight is 744 g/mol. The number of alkyl carbamates (subject to hydrolysis) is 1. The van der Waals surface area contributed by atoms with Crippen molar-refractivity contribution in [2.24, 2.45) is 5.92 Å². The molecule has 1 saturated heterocycles. The van der Waals surface area contributed by atoms with Crippen LogP contribution in [0, 0.1) is 5.92 Å². The van der Waals surface area contributed by atoms with Crippen LogP contribution in [0.2, 0.25) is 0 Å². The van der Waals surface area contributed by atoms with Gasteiger partial charge in [-0.05, 0) is 63.6 Å². The maximum atomic E-state index is 13.5. The number of amides is 2. The fourth-order valence-corrected chi connectivity index (χ4v) is 5.61. The van der Waals surface area contributed by atoms with Crippen LogP contribution in [0.1, 0.15) is 77.8 Å². The van der Waals surface area contributed by atoms with Crippen molar-refractivity contribution < 1.29 is 58.7 Å². The first-order chi connectivity index (χ1) is 24.8. The maximum absolute atomic E-state index is 13.5. The summed E-state index contributed by atoms with van der Waals surface area (Å²) in [5.74, 6) is -5.71. The van der Waals surface area contributed by atoms with Gasteiger partial charge in [0.05, 0.1) is 18.9 Å². The molecule has 0 aromatic heterocycles. The van der Waals surface area contributed by atoms with Gasteiger partial charge in [0.2, 0.25) is 5.91 Å². The predicted octanol–water partition coefficient (Wildman–Crippen LogP) is 3.61. The third-order valence-electron chi connectivity index (χ3n) is 8.44. The minimum atomic E-state index is -2.74.